The smallest absolute Gasteiger partial charge is 0.248 e. The summed E-state index contributed by atoms with van der Waals surface area (Å²) in [5.74, 6) is 2.69. The van der Waals surface area contributed by atoms with Gasteiger partial charge >= 0.3 is 0 Å². The van der Waals surface area contributed by atoms with E-state index < -0.39 is 5.92 Å². The number of carbonyl (C=O) groups is 1. The fourth-order valence-corrected chi connectivity index (χ4v) is 3.12. The van der Waals surface area contributed by atoms with Crippen LogP contribution < -0.4 is 11.1 Å². The Morgan fingerprint density at radius 3 is 2.81 bits per heavy atom. The Balaban J connectivity index is 1.80. The van der Waals surface area contributed by atoms with Gasteiger partial charge in [0.05, 0.1) is 18.0 Å². The molecule has 2 rings (SSSR count). The quantitative estimate of drug-likeness (QED) is 0.843. The van der Waals surface area contributed by atoms with E-state index >= 15 is 0 Å². The van der Waals surface area contributed by atoms with Crippen molar-refractivity contribution in [2.75, 3.05) is 6.54 Å². The van der Waals surface area contributed by atoms with Gasteiger partial charge in [-0.05, 0) is 25.0 Å². The van der Waals surface area contributed by atoms with Gasteiger partial charge in [-0.1, -0.05) is 11.8 Å². The molecule has 0 saturated heterocycles. The summed E-state index contributed by atoms with van der Waals surface area (Å²) in [7, 11) is 0. The van der Waals surface area contributed by atoms with E-state index in [1.54, 1.807) is 0 Å². The van der Waals surface area contributed by atoms with Crippen LogP contribution in [0.2, 0.25) is 0 Å². The van der Waals surface area contributed by atoms with Crippen LogP contribution in [-0.4, -0.2) is 18.4 Å². The van der Waals surface area contributed by atoms with Crippen molar-refractivity contribution < 1.29 is 13.6 Å². The van der Waals surface area contributed by atoms with Gasteiger partial charge in [0, 0.05) is 23.6 Å². The minimum atomic E-state index is -2.60. The van der Waals surface area contributed by atoms with Gasteiger partial charge in [-0.2, -0.15) is 0 Å². The Bertz CT molecular complexity index is 550. The number of hydrogen-bond acceptors (Lipinski definition) is 3. The minimum absolute atomic E-state index is 0.131. The first kappa shape index (κ1) is 15.9. The number of alkyl halides is 2. The number of halogens is 2. The van der Waals surface area contributed by atoms with E-state index in [-0.39, 0.29) is 37.5 Å². The molecule has 0 unspecified atom stereocenters. The molecule has 0 aliphatic heterocycles. The monoisotopic (exact) mass is 312 g/mol. The van der Waals surface area contributed by atoms with Crippen LogP contribution in [-0.2, 0) is 11.3 Å². The average molecular weight is 312 g/mol. The molecule has 21 heavy (non-hydrogen) atoms. The SMILES string of the molecule is NCC#Cc1ccc(CNC(=O)C2CCC(F)(F)CC2)s1. The second-order valence-electron chi connectivity index (χ2n) is 5.12. The first-order valence-corrected chi connectivity index (χ1v) is 7.75. The van der Waals surface area contributed by atoms with Crippen molar-refractivity contribution >= 4 is 17.2 Å². The van der Waals surface area contributed by atoms with Crippen LogP contribution in [0.25, 0.3) is 0 Å². The molecule has 1 aliphatic carbocycles. The van der Waals surface area contributed by atoms with Crippen molar-refractivity contribution in [1.29, 1.82) is 0 Å². The van der Waals surface area contributed by atoms with E-state index in [1.165, 1.54) is 11.3 Å². The Kier molecular flexibility index (Phi) is 5.32. The van der Waals surface area contributed by atoms with Gasteiger partial charge in [0.1, 0.15) is 0 Å². The normalized spacial score (nSPS) is 17.9. The summed E-state index contributed by atoms with van der Waals surface area (Å²) in [6.07, 6.45) is 0.138. The van der Waals surface area contributed by atoms with Crippen LogP contribution in [0.5, 0.6) is 0 Å². The third kappa shape index (κ3) is 4.80. The number of nitrogens with two attached hydrogens (primary N) is 1. The summed E-state index contributed by atoms with van der Waals surface area (Å²) in [6.45, 7) is 0.733. The first-order chi connectivity index (χ1) is 10.00. The number of carbonyl (C=O) groups excluding carboxylic acids is 1. The Morgan fingerprint density at radius 2 is 2.14 bits per heavy atom. The van der Waals surface area contributed by atoms with Gasteiger partial charge < -0.3 is 11.1 Å². The molecule has 0 radical (unpaired) electrons. The predicted molar refractivity (Wildman–Crippen MR) is 79.0 cm³/mol. The van der Waals surface area contributed by atoms with Gasteiger partial charge in [0.15, 0.2) is 0 Å². The first-order valence-electron chi connectivity index (χ1n) is 6.93. The number of rotatable bonds is 3. The molecular weight excluding hydrogens is 294 g/mol. The molecule has 1 aliphatic rings. The molecule has 0 atom stereocenters. The molecular formula is C15H18F2N2OS. The van der Waals surface area contributed by atoms with E-state index in [4.69, 9.17) is 5.73 Å². The number of nitrogens with one attached hydrogen (secondary N) is 1. The van der Waals surface area contributed by atoms with Crippen LogP contribution in [0.1, 0.15) is 35.4 Å². The molecule has 1 aromatic heterocycles. The fourth-order valence-electron chi connectivity index (χ4n) is 2.30. The average Bonchev–Trinajstić information content (AvgIpc) is 2.90. The van der Waals surface area contributed by atoms with Gasteiger partial charge in [0.25, 0.3) is 0 Å². The number of thiophene rings is 1. The fraction of sp³-hybridized carbons (Fsp3) is 0.533. The predicted octanol–water partition coefficient (Wildman–Crippen LogP) is 2.50. The molecule has 3 nitrogen and oxygen atoms in total. The summed E-state index contributed by atoms with van der Waals surface area (Å²) in [6, 6.07) is 3.79. The van der Waals surface area contributed by atoms with Crippen LogP contribution in [0, 0.1) is 17.8 Å². The second-order valence-corrected chi connectivity index (χ2v) is 6.29. The van der Waals surface area contributed by atoms with Gasteiger partial charge in [0.2, 0.25) is 11.8 Å². The lowest BCUT2D eigenvalue weighted by atomic mass is 9.86. The second kappa shape index (κ2) is 7.01. The van der Waals surface area contributed by atoms with Gasteiger partial charge in [-0.15, -0.1) is 11.3 Å². The van der Waals surface area contributed by atoms with Crippen molar-refractivity contribution in [1.82, 2.24) is 5.32 Å². The van der Waals surface area contributed by atoms with Crippen molar-refractivity contribution in [3.8, 4) is 11.8 Å². The lowest BCUT2D eigenvalue weighted by Gasteiger charge is -2.27. The molecule has 1 aromatic rings. The van der Waals surface area contributed by atoms with Crippen LogP contribution >= 0.6 is 11.3 Å². The molecule has 0 bridgehead atoms. The highest BCUT2D eigenvalue weighted by molar-refractivity contribution is 7.12. The lowest BCUT2D eigenvalue weighted by Crippen LogP contribution is -2.35. The maximum atomic E-state index is 13.0. The molecule has 0 spiro atoms. The molecule has 114 valence electrons. The van der Waals surface area contributed by atoms with E-state index in [2.05, 4.69) is 17.2 Å². The third-order valence-electron chi connectivity index (χ3n) is 3.50. The van der Waals surface area contributed by atoms with Crippen molar-refractivity contribution in [3.05, 3.63) is 21.9 Å². The van der Waals surface area contributed by atoms with Crippen molar-refractivity contribution in [2.24, 2.45) is 11.7 Å². The molecule has 3 N–H and O–H groups in total. The van der Waals surface area contributed by atoms with Crippen LogP contribution in [0.15, 0.2) is 12.1 Å². The molecule has 0 aromatic carbocycles. The topological polar surface area (TPSA) is 55.1 Å². The standard InChI is InChI=1S/C15H18F2N2OS/c16-15(17)7-5-11(6-8-15)14(20)19-10-13-4-3-12(21-13)2-1-9-18/h3-4,11H,5-10,18H2,(H,19,20). The summed E-state index contributed by atoms with van der Waals surface area (Å²) in [4.78, 5) is 13.9. The Hall–Kier alpha value is -1.45. The maximum Gasteiger partial charge on any atom is 0.248 e. The molecule has 6 heteroatoms. The summed E-state index contributed by atoms with van der Waals surface area (Å²) < 4.78 is 26.1. The highest BCUT2D eigenvalue weighted by atomic mass is 32.1. The number of amides is 1. The van der Waals surface area contributed by atoms with E-state index in [0.717, 1.165) is 9.75 Å². The van der Waals surface area contributed by atoms with Crippen LogP contribution in [0.3, 0.4) is 0 Å². The maximum absolute atomic E-state index is 13.0. The number of hydrogen-bond donors (Lipinski definition) is 2. The van der Waals surface area contributed by atoms with E-state index in [9.17, 15) is 13.6 Å². The molecule has 1 fully saturated rings. The lowest BCUT2D eigenvalue weighted by molar-refractivity contribution is -0.129. The summed E-state index contributed by atoms with van der Waals surface area (Å²) >= 11 is 1.50. The summed E-state index contributed by atoms with van der Waals surface area (Å²) in [5.41, 5.74) is 5.30. The van der Waals surface area contributed by atoms with Gasteiger partial charge in [-0.25, -0.2) is 8.78 Å². The highest BCUT2D eigenvalue weighted by Gasteiger charge is 2.37. The third-order valence-corrected chi connectivity index (χ3v) is 4.50. The van der Waals surface area contributed by atoms with Crippen molar-refractivity contribution in [3.63, 3.8) is 0 Å². The minimum Gasteiger partial charge on any atom is -0.351 e. The molecule has 1 amide bonds. The Morgan fingerprint density at radius 1 is 1.43 bits per heavy atom. The van der Waals surface area contributed by atoms with E-state index in [1.807, 2.05) is 12.1 Å². The zero-order valence-corrected chi connectivity index (χ0v) is 12.4. The highest BCUT2D eigenvalue weighted by Crippen LogP contribution is 2.36. The zero-order valence-electron chi connectivity index (χ0n) is 11.6. The molecule has 1 saturated carbocycles. The van der Waals surface area contributed by atoms with Crippen molar-refractivity contribution in [2.45, 2.75) is 38.2 Å². The van der Waals surface area contributed by atoms with E-state index in [0.29, 0.717) is 13.1 Å². The Labute approximate surface area is 126 Å². The molecule has 1 heterocycles. The van der Waals surface area contributed by atoms with Gasteiger partial charge in [-0.3, -0.25) is 4.79 Å². The summed E-state index contributed by atoms with van der Waals surface area (Å²) in [5, 5.41) is 2.82. The largest absolute Gasteiger partial charge is 0.351 e. The zero-order chi connectivity index (χ0) is 15.3. The van der Waals surface area contributed by atoms with Crippen LogP contribution in [0.4, 0.5) is 8.78 Å².